The molecule has 1 fully saturated rings. The summed E-state index contributed by atoms with van der Waals surface area (Å²) in [5.74, 6) is 1.17. The zero-order chi connectivity index (χ0) is 17.3. The number of carbonyl (C=O) groups excluding carboxylic acids is 2. The number of allylic oxidation sites excluding steroid dienone is 2. The van der Waals surface area contributed by atoms with Crippen LogP contribution in [0, 0.1) is 0 Å². The number of guanidine groups is 1. The van der Waals surface area contributed by atoms with Gasteiger partial charge in [-0.3, -0.25) is 19.2 Å². The van der Waals surface area contributed by atoms with Gasteiger partial charge in [0.1, 0.15) is 0 Å². The lowest BCUT2D eigenvalue weighted by Gasteiger charge is -2.35. The first kappa shape index (κ1) is 16.4. The van der Waals surface area contributed by atoms with Gasteiger partial charge < -0.3 is 0 Å². The van der Waals surface area contributed by atoms with Crippen molar-refractivity contribution < 1.29 is 14.2 Å². The summed E-state index contributed by atoms with van der Waals surface area (Å²) >= 11 is 0. The lowest BCUT2D eigenvalue weighted by Crippen LogP contribution is -2.64. The number of carbonyl (C=O) groups is 2. The molecule has 7 heteroatoms. The van der Waals surface area contributed by atoms with Gasteiger partial charge >= 0.3 is 12.0 Å². The number of amides is 3. The third-order valence-corrected chi connectivity index (χ3v) is 4.58. The van der Waals surface area contributed by atoms with Crippen molar-refractivity contribution in [1.29, 1.82) is 0 Å². The first-order valence-corrected chi connectivity index (χ1v) is 8.38. The predicted molar refractivity (Wildman–Crippen MR) is 92.0 cm³/mol. The number of urea groups is 1. The van der Waals surface area contributed by atoms with E-state index < -0.39 is 6.04 Å². The van der Waals surface area contributed by atoms with Gasteiger partial charge in [-0.2, -0.15) is 0 Å². The van der Waals surface area contributed by atoms with Crippen molar-refractivity contribution in [3.63, 3.8) is 0 Å². The van der Waals surface area contributed by atoms with E-state index in [1.54, 1.807) is 7.05 Å². The predicted octanol–water partition coefficient (Wildman–Crippen LogP) is 0.887. The van der Waals surface area contributed by atoms with Gasteiger partial charge in [0.15, 0.2) is 0 Å². The molecule has 0 saturated carbocycles. The van der Waals surface area contributed by atoms with Crippen molar-refractivity contribution in [2.45, 2.75) is 26.3 Å². The molecule has 7 nitrogen and oxygen atoms in total. The summed E-state index contributed by atoms with van der Waals surface area (Å²) in [4.78, 5) is 34.9. The molecule has 1 saturated heterocycles. The maximum Gasteiger partial charge on any atom is 0.392 e. The van der Waals surface area contributed by atoms with Gasteiger partial charge in [-0.25, -0.2) is 9.69 Å². The first-order valence-electron chi connectivity index (χ1n) is 8.38. The Bertz CT molecular complexity index is 676. The summed E-state index contributed by atoms with van der Waals surface area (Å²) in [5.41, 5.74) is 0. The van der Waals surface area contributed by atoms with Crippen LogP contribution < -0.4 is 0 Å². The van der Waals surface area contributed by atoms with E-state index >= 15 is 0 Å². The van der Waals surface area contributed by atoms with Gasteiger partial charge in [0.05, 0.1) is 19.6 Å². The molecule has 0 aromatic rings. The molecule has 3 heterocycles. The van der Waals surface area contributed by atoms with Gasteiger partial charge in [0.25, 0.3) is 5.91 Å². The molecule has 0 spiro atoms. The molecule has 1 unspecified atom stereocenters. The van der Waals surface area contributed by atoms with Gasteiger partial charge in [-0.15, -0.1) is 0 Å². The monoisotopic (exact) mass is 330 g/mol. The van der Waals surface area contributed by atoms with E-state index in [0.29, 0.717) is 12.4 Å². The highest BCUT2D eigenvalue weighted by molar-refractivity contribution is 6.25. The number of imide groups is 1. The molecule has 0 bridgehead atoms. The molecule has 0 aromatic heterocycles. The number of amidine groups is 1. The number of hydrogen-bond donors (Lipinski definition) is 0. The Morgan fingerprint density at radius 1 is 1.25 bits per heavy atom. The molecule has 3 rings (SSSR count). The molecule has 128 valence electrons. The van der Waals surface area contributed by atoms with E-state index in [0.717, 1.165) is 32.0 Å². The van der Waals surface area contributed by atoms with E-state index in [1.807, 2.05) is 37.0 Å². The molecule has 3 aliphatic rings. The second-order valence-corrected chi connectivity index (χ2v) is 6.09. The Morgan fingerprint density at radius 2 is 2.00 bits per heavy atom. The van der Waals surface area contributed by atoms with Gasteiger partial charge in [0, 0.05) is 20.0 Å². The van der Waals surface area contributed by atoms with Crippen molar-refractivity contribution >= 4 is 23.7 Å². The molecular weight excluding hydrogens is 306 g/mol. The highest BCUT2D eigenvalue weighted by atomic mass is 16.2. The Hall–Kier alpha value is -2.44. The number of likely N-dealkylation sites (N-methyl/N-ethyl adjacent to an activating group) is 1. The highest BCUT2D eigenvalue weighted by Crippen LogP contribution is 2.25. The van der Waals surface area contributed by atoms with E-state index in [-0.39, 0.29) is 11.9 Å². The van der Waals surface area contributed by atoms with E-state index in [2.05, 4.69) is 15.6 Å². The van der Waals surface area contributed by atoms with E-state index in [1.165, 1.54) is 9.80 Å². The summed E-state index contributed by atoms with van der Waals surface area (Å²) in [7, 11) is 1.69. The molecule has 1 atom stereocenters. The molecule has 24 heavy (non-hydrogen) atoms. The van der Waals surface area contributed by atoms with Crippen molar-refractivity contribution in [1.82, 2.24) is 14.7 Å². The number of fused-ring (bicyclic) bond motifs is 3. The minimum atomic E-state index is -0.485. The van der Waals surface area contributed by atoms with Crippen LogP contribution in [-0.4, -0.2) is 82.3 Å². The summed E-state index contributed by atoms with van der Waals surface area (Å²) in [6.45, 7) is 6.62. The van der Waals surface area contributed by atoms with Gasteiger partial charge in [-0.1, -0.05) is 29.3 Å². The zero-order valence-electron chi connectivity index (χ0n) is 14.5. The maximum absolute atomic E-state index is 12.9. The third-order valence-electron chi connectivity index (χ3n) is 4.58. The maximum atomic E-state index is 12.9. The fraction of sp³-hybridized carbons (Fsp3) is 0.529. The Labute approximate surface area is 142 Å². The van der Waals surface area contributed by atoms with Gasteiger partial charge in [0.2, 0.25) is 11.9 Å². The normalized spacial score (nSPS) is 24.4. The zero-order valence-corrected chi connectivity index (χ0v) is 14.5. The van der Waals surface area contributed by atoms with Crippen molar-refractivity contribution in [2.24, 2.45) is 4.99 Å². The van der Waals surface area contributed by atoms with Crippen LogP contribution in [0.1, 0.15) is 20.3 Å². The Balaban J connectivity index is 1.98. The summed E-state index contributed by atoms with van der Waals surface area (Å²) in [6, 6.07) is -0.796. The summed E-state index contributed by atoms with van der Waals surface area (Å²) in [6.07, 6.45) is 8.72. The molecule has 0 aromatic carbocycles. The van der Waals surface area contributed by atoms with E-state index in [4.69, 9.17) is 0 Å². The first-order chi connectivity index (χ1) is 11.6. The van der Waals surface area contributed by atoms with Crippen molar-refractivity contribution in [3.05, 3.63) is 24.3 Å². The van der Waals surface area contributed by atoms with Crippen LogP contribution in [0.3, 0.4) is 0 Å². The fourth-order valence-corrected chi connectivity index (χ4v) is 3.30. The second kappa shape index (κ2) is 6.59. The lowest BCUT2D eigenvalue weighted by atomic mass is 10.1. The SMILES string of the molecule is C/C=C/CN1C(=O)C2C(=NC3=[N+](C/C=C/C)CCCN32)N(C)C1=O. The van der Waals surface area contributed by atoms with Crippen LogP contribution in [0.4, 0.5) is 4.79 Å². The van der Waals surface area contributed by atoms with Gasteiger partial charge in [-0.05, 0) is 13.8 Å². The summed E-state index contributed by atoms with van der Waals surface area (Å²) in [5, 5.41) is 0. The van der Waals surface area contributed by atoms with Crippen LogP contribution in [0.2, 0.25) is 0 Å². The molecule has 0 N–H and O–H groups in total. The number of aliphatic imine (C=N–C) groups is 1. The minimum absolute atomic E-state index is 0.183. The van der Waals surface area contributed by atoms with Crippen LogP contribution in [0.15, 0.2) is 29.3 Å². The van der Waals surface area contributed by atoms with Crippen LogP contribution >= 0.6 is 0 Å². The molecule has 3 amide bonds. The van der Waals surface area contributed by atoms with Crippen LogP contribution in [-0.2, 0) is 4.79 Å². The Morgan fingerprint density at radius 3 is 2.71 bits per heavy atom. The van der Waals surface area contributed by atoms with E-state index in [9.17, 15) is 9.59 Å². The van der Waals surface area contributed by atoms with Crippen LogP contribution in [0.5, 0.6) is 0 Å². The second-order valence-electron chi connectivity index (χ2n) is 6.09. The molecule has 3 aliphatic heterocycles. The van der Waals surface area contributed by atoms with Crippen molar-refractivity contribution in [3.8, 4) is 0 Å². The third kappa shape index (κ3) is 2.53. The highest BCUT2D eigenvalue weighted by Gasteiger charge is 2.56. The largest absolute Gasteiger partial charge is 0.392 e. The standard InChI is InChI=1S/C17H24N5O2/c1-4-6-9-20-10-8-12-21-13-14(18-16(20)21)19(3)17(24)22(15(13)23)11-7-5-2/h4-7,13H,8-12H2,1-3H3/q+1/b6-4+,7-5+. The topological polar surface area (TPSA) is 59.2 Å². The lowest BCUT2D eigenvalue weighted by molar-refractivity contribution is -0.529. The van der Waals surface area contributed by atoms with Crippen LogP contribution in [0.25, 0.3) is 0 Å². The average molecular weight is 330 g/mol. The molecular formula is C17H24N5O2+. The summed E-state index contributed by atoms with van der Waals surface area (Å²) < 4.78 is 2.16. The number of nitrogens with zero attached hydrogens (tertiary/aromatic N) is 5. The fourth-order valence-electron chi connectivity index (χ4n) is 3.30. The molecule has 0 aliphatic carbocycles. The smallest absolute Gasteiger partial charge is 0.270 e. The van der Waals surface area contributed by atoms with Crippen molar-refractivity contribution in [2.75, 3.05) is 33.2 Å². The minimum Gasteiger partial charge on any atom is -0.270 e. The Kier molecular flexibility index (Phi) is 4.51. The number of rotatable bonds is 4. The number of hydrogen-bond acceptors (Lipinski definition) is 4. The average Bonchev–Trinajstić information content (AvgIpc) is 2.98. The molecule has 0 radical (unpaired) electrons. The quantitative estimate of drug-likeness (QED) is 0.568.